The van der Waals surface area contributed by atoms with Crippen molar-refractivity contribution in [2.75, 3.05) is 20.6 Å². The number of fused-ring (bicyclic) bond motifs is 1. The van der Waals surface area contributed by atoms with Crippen molar-refractivity contribution in [3.8, 4) is 11.3 Å². The fourth-order valence-corrected chi connectivity index (χ4v) is 3.12. The van der Waals surface area contributed by atoms with Crippen LogP contribution in [-0.2, 0) is 6.42 Å². The monoisotopic (exact) mass is 313 g/mol. The first-order valence-electron chi connectivity index (χ1n) is 7.91. The first-order valence-corrected chi connectivity index (χ1v) is 7.91. The lowest BCUT2D eigenvalue weighted by molar-refractivity contribution is 0.140. The van der Waals surface area contributed by atoms with Crippen LogP contribution in [0, 0.1) is 6.92 Å². The van der Waals surface area contributed by atoms with Gasteiger partial charge in [0.05, 0.1) is 23.1 Å². The highest BCUT2D eigenvalue weighted by Crippen LogP contribution is 2.38. The second-order valence-corrected chi connectivity index (χ2v) is 6.15. The standard InChI is InChI=1S/C18H23N3O2/c1-5-13-16(11(2)23-20-13)18-17(15(22)10-21(3)4)12-8-6-7-9-14(12)19-18/h6-9,15,19,22H,5,10H2,1-4H3. The maximum absolute atomic E-state index is 10.8. The van der Waals surface area contributed by atoms with E-state index in [4.69, 9.17) is 4.52 Å². The molecule has 2 heterocycles. The number of aryl methyl sites for hydroxylation is 2. The second kappa shape index (κ2) is 6.18. The molecular formula is C18H23N3O2. The number of hydrogen-bond donors (Lipinski definition) is 2. The van der Waals surface area contributed by atoms with Gasteiger partial charge in [-0.15, -0.1) is 0 Å². The fraction of sp³-hybridized carbons (Fsp3) is 0.389. The van der Waals surface area contributed by atoms with Crippen LogP contribution in [-0.4, -0.2) is 40.8 Å². The Morgan fingerprint density at radius 2 is 2.04 bits per heavy atom. The van der Waals surface area contributed by atoms with Crippen LogP contribution in [0.4, 0.5) is 0 Å². The van der Waals surface area contributed by atoms with Gasteiger partial charge in [-0.05, 0) is 33.5 Å². The average molecular weight is 313 g/mol. The Balaban J connectivity index is 2.25. The number of nitrogens with zero attached hydrogens (tertiary/aromatic N) is 2. The van der Waals surface area contributed by atoms with Crippen LogP contribution in [0.15, 0.2) is 28.8 Å². The molecule has 3 rings (SSSR count). The summed E-state index contributed by atoms with van der Waals surface area (Å²) in [6.07, 6.45) is 0.195. The molecule has 122 valence electrons. The highest BCUT2D eigenvalue weighted by atomic mass is 16.5. The Hall–Kier alpha value is -2.11. The molecule has 0 spiro atoms. The molecule has 1 atom stereocenters. The minimum Gasteiger partial charge on any atom is -0.387 e. The molecule has 0 amide bonds. The van der Waals surface area contributed by atoms with Crippen molar-refractivity contribution in [3.05, 3.63) is 41.3 Å². The lowest BCUT2D eigenvalue weighted by atomic mass is 9.98. The van der Waals surface area contributed by atoms with Gasteiger partial charge in [-0.25, -0.2) is 0 Å². The van der Waals surface area contributed by atoms with Gasteiger partial charge in [0, 0.05) is 23.0 Å². The van der Waals surface area contributed by atoms with Crippen molar-refractivity contribution >= 4 is 10.9 Å². The molecule has 23 heavy (non-hydrogen) atoms. The SMILES string of the molecule is CCc1noc(C)c1-c1[nH]c2ccccc2c1C(O)CN(C)C. The number of hydrogen-bond acceptors (Lipinski definition) is 4. The van der Waals surface area contributed by atoms with E-state index in [9.17, 15) is 5.11 Å². The van der Waals surface area contributed by atoms with Crippen LogP contribution < -0.4 is 0 Å². The molecule has 0 bridgehead atoms. The van der Waals surface area contributed by atoms with E-state index in [-0.39, 0.29) is 0 Å². The number of nitrogens with one attached hydrogen (secondary N) is 1. The molecule has 1 aromatic carbocycles. The first kappa shape index (κ1) is 15.8. The van der Waals surface area contributed by atoms with E-state index in [0.717, 1.165) is 45.6 Å². The normalized spacial score (nSPS) is 13.1. The van der Waals surface area contributed by atoms with Gasteiger partial charge in [0.25, 0.3) is 0 Å². The summed E-state index contributed by atoms with van der Waals surface area (Å²) in [7, 11) is 3.92. The van der Waals surface area contributed by atoms with Crippen molar-refractivity contribution < 1.29 is 9.63 Å². The zero-order chi connectivity index (χ0) is 16.6. The van der Waals surface area contributed by atoms with E-state index in [1.54, 1.807) is 0 Å². The molecule has 3 aromatic rings. The molecule has 1 unspecified atom stereocenters. The van der Waals surface area contributed by atoms with Crippen LogP contribution in [0.1, 0.15) is 30.0 Å². The van der Waals surface area contributed by atoms with Crippen LogP contribution >= 0.6 is 0 Å². The van der Waals surface area contributed by atoms with Crippen LogP contribution in [0.2, 0.25) is 0 Å². The quantitative estimate of drug-likeness (QED) is 0.758. The van der Waals surface area contributed by atoms with Crippen molar-refractivity contribution in [1.82, 2.24) is 15.0 Å². The number of aromatic nitrogens is 2. The van der Waals surface area contributed by atoms with E-state index in [1.165, 1.54) is 0 Å². The minimum absolute atomic E-state index is 0.556. The number of aromatic amines is 1. The molecule has 0 fully saturated rings. The molecule has 5 heteroatoms. The van der Waals surface area contributed by atoms with Gasteiger partial charge >= 0.3 is 0 Å². The van der Waals surface area contributed by atoms with E-state index < -0.39 is 6.10 Å². The van der Waals surface area contributed by atoms with Gasteiger partial charge in [-0.2, -0.15) is 0 Å². The van der Waals surface area contributed by atoms with Crippen LogP contribution in [0.25, 0.3) is 22.2 Å². The Morgan fingerprint density at radius 1 is 1.30 bits per heavy atom. The van der Waals surface area contributed by atoms with E-state index in [2.05, 4.69) is 17.1 Å². The Bertz CT molecular complexity index is 817. The number of aliphatic hydroxyl groups is 1. The third-order valence-electron chi connectivity index (χ3n) is 4.14. The fourth-order valence-electron chi connectivity index (χ4n) is 3.12. The van der Waals surface area contributed by atoms with Crippen molar-refractivity contribution in [3.63, 3.8) is 0 Å². The Morgan fingerprint density at radius 3 is 2.74 bits per heavy atom. The average Bonchev–Trinajstić information content (AvgIpc) is 3.05. The van der Waals surface area contributed by atoms with E-state index in [0.29, 0.717) is 6.54 Å². The maximum Gasteiger partial charge on any atom is 0.143 e. The smallest absolute Gasteiger partial charge is 0.143 e. The summed E-state index contributed by atoms with van der Waals surface area (Å²) in [6.45, 7) is 4.52. The molecule has 2 N–H and O–H groups in total. The van der Waals surface area contributed by atoms with Crippen molar-refractivity contribution in [2.24, 2.45) is 0 Å². The number of aliphatic hydroxyl groups excluding tert-OH is 1. The zero-order valence-corrected chi connectivity index (χ0v) is 14.1. The molecular weight excluding hydrogens is 290 g/mol. The number of likely N-dealkylation sites (N-methyl/N-ethyl adjacent to an activating group) is 1. The Labute approximate surface area is 135 Å². The highest BCUT2D eigenvalue weighted by Gasteiger charge is 2.25. The predicted octanol–water partition coefficient (Wildman–Crippen LogP) is 3.29. The lowest BCUT2D eigenvalue weighted by Gasteiger charge is -2.17. The van der Waals surface area contributed by atoms with Gasteiger partial charge in [0.15, 0.2) is 0 Å². The number of rotatable bonds is 5. The minimum atomic E-state index is -0.588. The molecule has 0 saturated carbocycles. The summed E-state index contributed by atoms with van der Waals surface area (Å²) < 4.78 is 5.39. The van der Waals surface area contributed by atoms with Gasteiger partial charge in [-0.3, -0.25) is 0 Å². The molecule has 0 aliphatic heterocycles. The molecule has 0 aliphatic rings. The topological polar surface area (TPSA) is 65.3 Å². The highest BCUT2D eigenvalue weighted by molar-refractivity contribution is 5.92. The van der Waals surface area contributed by atoms with Gasteiger partial charge in [-0.1, -0.05) is 30.3 Å². The van der Waals surface area contributed by atoms with Crippen LogP contribution in [0.5, 0.6) is 0 Å². The third kappa shape index (κ3) is 2.78. The maximum atomic E-state index is 10.8. The summed E-state index contributed by atoms with van der Waals surface area (Å²) in [6, 6.07) is 8.05. The summed E-state index contributed by atoms with van der Waals surface area (Å²) in [5, 5.41) is 16.0. The van der Waals surface area contributed by atoms with Crippen LogP contribution in [0.3, 0.4) is 0 Å². The third-order valence-corrected chi connectivity index (χ3v) is 4.14. The summed E-state index contributed by atoms with van der Waals surface area (Å²) in [5.41, 5.74) is 4.72. The molecule has 0 radical (unpaired) electrons. The van der Waals surface area contributed by atoms with Crippen molar-refractivity contribution in [1.29, 1.82) is 0 Å². The zero-order valence-electron chi connectivity index (χ0n) is 14.1. The van der Waals surface area contributed by atoms with Crippen molar-refractivity contribution in [2.45, 2.75) is 26.4 Å². The molecule has 2 aromatic heterocycles. The number of benzene rings is 1. The molecule has 5 nitrogen and oxygen atoms in total. The number of para-hydroxylation sites is 1. The van der Waals surface area contributed by atoms with E-state index in [1.807, 2.05) is 50.2 Å². The Kier molecular flexibility index (Phi) is 4.24. The lowest BCUT2D eigenvalue weighted by Crippen LogP contribution is -2.20. The van der Waals surface area contributed by atoms with E-state index >= 15 is 0 Å². The number of H-pyrrole nitrogens is 1. The molecule has 0 aliphatic carbocycles. The first-order chi connectivity index (χ1) is 11.0. The summed E-state index contributed by atoms with van der Waals surface area (Å²) >= 11 is 0. The molecule has 0 saturated heterocycles. The van der Waals surface area contributed by atoms with Gasteiger partial charge in [0.1, 0.15) is 5.76 Å². The summed E-state index contributed by atoms with van der Waals surface area (Å²) in [4.78, 5) is 5.44. The predicted molar refractivity (Wildman–Crippen MR) is 91.4 cm³/mol. The largest absolute Gasteiger partial charge is 0.387 e. The van der Waals surface area contributed by atoms with Gasteiger partial charge in [0.2, 0.25) is 0 Å². The summed E-state index contributed by atoms with van der Waals surface area (Å²) in [5.74, 6) is 0.770. The second-order valence-electron chi connectivity index (χ2n) is 6.15. The van der Waals surface area contributed by atoms with Gasteiger partial charge < -0.3 is 19.5 Å².